The molecule has 0 aliphatic rings. The first-order chi connectivity index (χ1) is 15.7. The molecule has 0 aromatic heterocycles. The normalized spacial score (nSPS) is 11.7. The van der Waals surface area contributed by atoms with Gasteiger partial charge in [0.15, 0.2) is 0 Å². The summed E-state index contributed by atoms with van der Waals surface area (Å²) in [6.07, 6.45) is 26.8. The molecule has 0 saturated carbocycles. The van der Waals surface area contributed by atoms with Crippen LogP contribution in [0.4, 0.5) is 0 Å². The van der Waals surface area contributed by atoms with Gasteiger partial charge >= 0.3 is 103 Å². The molecular weight excluding hydrogens is 539 g/mol. The van der Waals surface area contributed by atoms with Gasteiger partial charge in [0.1, 0.15) is 0 Å². The molecule has 35 heavy (non-hydrogen) atoms. The maximum Gasteiger partial charge on any atom is 1.00 e. The van der Waals surface area contributed by atoms with Crippen molar-refractivity contribution in [3.63, 3.8) is 0 Å². The molecule has 10 heteroatoms. The van der Waals surface area contributed by atoms with E-state index in [1.54, 1.807) is 0 Å². The van der Waals surface area contributed by atoms with Gasteiger partial charge in [-0.15, -0.1) is 0 Å². The third-order valence-corrected chi connectivity index (χ3v) is 7.87. The Labute approximate surface area is 303 Å². The number of hydrogen-bond acceptors (Lipinski definition) is 6. The van der Waals surface area contributed by atoms with E-state index < -0.39 is 20.2 Å². The predicted octanol–water partition coefficient (Wildman–Crippen LogP) is 1.06. The third-order valence-electron chi connectivity index (χ3n) is 6.29. The average Bonchev–Trinajstić information content (AvgIpc) is 2.72. The Morgan fingerprint density at radius 1 is 0.286 bits per heavy atom. The van der Waals surface area contributed by atoms with Crippen LogP contribution in [0.5, 0.6) is 0 Å². The molecule has 0 aromatic rings. The standard InChI is InChI=1S/C25H52O6S2.2K/c26-32(27,28)24-22-20-18-16-14-12-10-8-6-4-2-1-3-5-7-9-11-13-15-17-19-21-23-25-33(29,30)31;;/h1-25H2,(H,26,27,28)(H,29,30,31);;/q;2*+1/p-2. The Morgan fingerprint density at radius 2 is 0.400 bits per heavy atom. The Balaban J connectivity index is -0.00000512. The maximum absolute atomic E-state index is 10.5. The van der Waals surface area contributed by atoms with E-state index in [4.69, 9.17) is 0 Å². The van der Waals surface area contributed by atoms with Crippen molar-refractivity contribution in [1.82, 2.24) is 0 Å². The minimum absolute atomic E-state index is 0. The van der Waals surface area contributed by atoms with Gasteiger partial charge in [0.25, 0.3) is 0 Å². The first-order valence-electron chi connectivity index (χ1n) is 13.6. The van der Waals surface area contributed by atoms with Crippen molar-refractivity contribution in [2.75, 3.05) is 11.5 Å². The van der Waals surface area contributed by atoms with E-state index in [2.05, 4.69) is 0 Å². The van der Waals surface area contributed by atoms with Crippen molar-refractivity contribution < 1.29 is 129 Å². The monoisotopic (exact) mass is 588 g/mol. The summed E-state index contributed by atoms with van der Waals surface area (Å²) >= 11 is 0. The van der Waals surface area contributed by atoms with Gasteiger partial charge in [-0.05, 0) is 12.8 Å². The van der Waals surface area contributed by atoms with Crippen molar-refractivity contribution in [3.8, 4) is 0 Å². The first-order valence-corrected chi connectivity index (χ1v) is 16.7. The summed E-state index contributed by atoms with van der Waals surface area (Å²) in [4.78, 5) is 0. The zero-order chi connectivity index (χ0) is 24.7. The predicted molar refractivity (Wildman–Crippen MR) is 135 cm³/mol. The molecule has 0 amide bonds. The Bertz CT molecular complexity index is 574. The van der Waals surface area contributed by atoms with Gasteiger partial charge in [-0.25, -0.2) is 16.8 Å². The van der Waals surface area contributed by atoms with Crippen molar-refractivity contribution >= 4 is 20.2 Å². The topological polar surface area (TPSA) is 114 Å². The van der Waals surface area contributed by atoms with Gasteiger partial charge in [-0.1, -0.05) is 135 Å². The van der Waals surface area contributed by atoms with E-state index in [-0.39, 0.29) is 114 Å². The van der Waals surface area contributed by atoms with E-state index in [0.29, 0.717) is 12.8 Å². The molecule has 0 fully saturated rings. The zero-order valence-corrected chi connectivity index (χ0v) is 30.8. The van der Waals surface area contributed by atoms with Crippen LogP contribution in [0.15, 0.2) is 0 Å². The van der Waals surface area contributed by atoms with E-state index in [1.165, 1.54) is 96.3 Å². The molecular formula is C25H50K2O6S2. The summed E-state index contributed by atoms with van der Waals surface area (Å²) in [6.45, 7) is 0. The van der Waals surface area contributed by atoms with Gasteiger partial charge in [0.2, 0.25) is 0 Å². The summed E-state index contributed by atoms with van der Waals surface area (Å²) in [5.74, 6) is -0.419. The summed E-state index contributed by atoms with van der Waals surface area (Å²) in [5, 5.41) is 0. The van der Waals surface area contributed by atoms with Crippen LogP contribution in [0.3, 0.4) is 0 Å². The van der Waals surface area contributed by atoms with Gasteiger partial charge in [0.05, 0.1) is 20.2 Å². The molecule has 0 aliphatic carbocycles. The summed E-state index contributed by atoms with van der Waals surface area (Å²) < 4.78 is 63.0. The van der Waals surface area contributed by atoms with Gasteiger partial charge in [-0.2, -0.15) is 0 Å². The molecule has 0 spiro atoms. The molecule has 0 rings (SSSR count). The van der Waals surface area contributed by atoms with Crippen LogP contribution < -0.4 is 103 Å². The molecule has 6 nitrogen and oxygen atoms in total. The van der Waals surface area contributed by atoms with Crippen LogP contribution >= 0.6 is 0 Å². The van der Waals surface area contributed by atoms with Crippen LogP contribution in [0.1, 0.15) is 148 Å². The largest absolute Gasteiger partial charge is 1.00 e. The average molecular weight is 589 g/mol. The fraction of sp³-hybridized carbons (Fsp3) is 1.00. The Hall–Kier alpha value is 3.09. The smallest absolute Gasteiger partial charge is 0.748 e. The third kappa shape index (κ3) is 41.7. The quantitative estimate of drug-likeness (QED) is 0.0848. The SMILES string of the molecule is O=S(=O)([O-])CCCCCCCCCCCCCCCCCCCCCCCCCS(=O)(=O)[O-].[K+].[K+]. The van der Waals surface area contributed by atoms with Gasteiger partial charge in [0, 0.05) is 11.5 Å². The maximum atomic E-state index is 10.5. The number of hydrogen-bond donors (Lipinski definition) is 0. The zero-order valence-electron chi connectivity index (χ0n) is 22.9. The van der Waals surface area contributed by atoms with Crippen molar-refractivity contribution in [1.29, 1.82) is 0 Å². The molecule has 0 bridgehead atoms. The first kappa shape index (κ1) is 42.6. The minimum Gasteiger partial charge on any atom is -0.748 e. The summed E-state index contributed by atoms with van der Waals surface area (Å²) in [5.41, 5.74) is 0. The fourth-order valence-electron chi connectivity index (χ4n) is 4.27. The molecule has 0 aliphatic heterocycles. The fourth-order valence-corrected chi connectivity index (χ4v) is 5.39. The van der Waals surface area contributed by atoms with Crippen molar-refractivity contribution in [2.24, 2.45) is 0 Å². The van der Waals surface area contributed by atoms with Crippen LogP contribution in [-0.2, 0) is 20.2 Å². The summed E-state index contributed by atoms with van der Waals surface area (Å²) in [7, 11) is -8.05. The van der Waals surface area contributed by atoms with Crippen molar-refractivity contribution in [3.05, 3.63) is 0 Å². The van der Waals surface area contributed by atoms with Crippen LogP contribution in [-0.4, -0.2) is 37.4 Å². The van der Waals surface area contributed by atoms with Gasteiger partial charge < -0.3 is 9.11 Å². The molecule has 200 valence electrons. The van der Waals surface area contributed by atoms with Crippen LogP contribution in [0.2, 0.25) is 0 Å². The number of unbranched alkanes of at least 4 members (excludes halogenated alkanes) is 22. The number of rotatable bonds is 26. The Kier molecular flexibility index (Phi) is 36.6. The van der Waals surface area contributed by atoms with Crippen molar-refractivity contribution in [2.45, 2.75) is 148 Å². The van der Waals surface area contributed by atoms with E-state index >= 15 is 0 Å². The molecule has 0 N–H and O–H groups in total. The summed E-state index contributed by atoms with van der Waals surface area (Å²) in [6, 6.07) is 0. The molecule has 0 aromatic carbocycles. The second kappa shape index (κ2) is 30.1. The molecule has 0 radical (unpaired) electrons. The molecule has 0 atom stereocenters. The van der Waals surface area contributed by atoms with E-state index in [0.717, 1.165) is 38.5 Å². The second-order valence-corrected chi connectivity index (χ2v) is 12.7. The second-order valence-electron chi connectivity index (χ2n) is 9.66. The van der Waals surface area contributed by atoms with Gasteiger partial charge in [-0.3, -0.25) is 0 Å². The molecule has 0 unspecified atom stereocenters. The Morgan fingerprint density at radius 3 is 0.514 bits per heavy atom. The van der Waals surface area contributed by atoms with E-state index in [9.17, 15) is 25.9 Å². The minimum atomic E-state index is -4.02. The van der Waals surface area contributed by atoms with E-state index in [1.807, 2.05) is 0 Å². The van der Waals surface area contributed by atoms with Crippen LogP contribution in [0.25, 0.3) is 0 Å². The molecule has 0 saturated heterocycles. The van der Waals surface area contributed by atoms with Crippen LogP contribution in [0, 0.1) is 0 Å². The molecule has 0 heterocycles.